The van der Waals surface area contributed by atoms with Gasteiger partial charge in [0.15, 0.2) is 5.75 Å². The molecule has 0 atom stereocenters. The van der Waals surface area contributed by atoms with Crippen LogP contribution in [-0.2, 0) is 4.74 Å². The molecule has 0 aliphatic rings. The number of aromatic carboxylic acids is 1. The van der Waals surface area contributed by atoms with Gasteiger partial charge in [0.25, 0.3) is 0 Å². The van der Waals surface area contributed by atoms with Crippen molar-refractivity contribution < 1.29 is 34.1 Å². The summed E-state index contributed by atoms with van der Waals surface area (Å²) in [5, 5.41) is 21.9. The Balaban J connectivity index is 1.63. The molecule has 0 heterocycles. The lowest BCUT2D eigenvalue weighted by Gasteiger charge is -2.11. The van der Waals surface area contributed by atoms with Crippen molar-refractivity contribution in [3.05, 3.63) is 83.9 Å². The number of hydrogen-bond donors (Lipinski definition) is 2. The van der Waals surface area contributed by atoms with Crippen LogP contribution in [0.3, 0.4) is 0 Å². The maximum atomic E-state index is 12.4. The fourth-order valence-corrected chi connectivity index (χ4v) is 3.18. The summed E-state index contributed by atoms with van der Waals surface area (Å²) in [6.07, 6.45) is -1.41. The van der Waals surface area contributed by atoms with Crippen LogP contribution in [0.15, 0.2) is 72.8 Å². The summed E-state index contributed by atoms with van der Waals surface area (Å²) in [5.41, 5.74) is -0.478. The van der Waals surface area contributed by atoms with Gasteiger partial charge in [0.05, 0.1) is 0 Å². The number of carboxylic acid groups (broad SMARTS) is 1. The predicted octanol–water partition coefficient (Wildman–Crippen LogP) is 4.75. The summed E-state index contributed by atoms with van der Waals surface area (Å²) in [7, 11) is 0. The van der Waals surface area contributed by atoms with Crippen molar-refractivity contribution in [2.24, 2.45) is 0 Å². The molecule has 7 nitrogen and oxygen atoms in total. The van der Waals surface area contributed by atoms with E-state index in [1.165, 1.54) is 12.1 Å². The van der Waals surface area contributed by atoms with E-state index in [9.17, 15) is 24.6 Å². The average molecular weight is 402 g/mol. The summed E-state index contributed by atoms with van der Waals surface area (Å²) < 4.78 is 9.80. The Morgan fingerprint density at radius 2 is 1.27 bits per heavy atom. The minimum atomic E-state index is -1.41. The third kappa shape index (κ3) is 3.40. The Kier molecular flexibility index (Phi) is 4.77. The lowest BCUT2D eigenvalue weighted by atomic mass is 10.1. The van der Waals surface area contributed by atoms with E-state index in [2.05, 4.69) is 0 Å². The number of rotatable bonds is 3. The van der Waals surface area contributed by atoms with Crippen LogP contribution in [0.1, 0.15) is 20.7 Å². The SMILES string of the molecule is O=C(OC(=O)c1ccc2ccccc2c1O)Oc1c(C(=O)O)ccc2ccccc12. The fraction of sp³-hybridized carbons (Fsp3) is 0. The molecule has 0 unspecified atom stereocenters. The monoisotopic (exact) mass is 402 g/mol. The van der Waals surface area contributed by atoms with Crippen LogP contribution >= 0.6 is 0 Å². The average Bonchev–Trinajstić information content (AvgIpc) is 2.74. The Labute approximate surface area is 169 Å². The first kappa shape index (κ1) is 18.9. The Bertz CT molecular complexity index is 1320. The molecule has 0 fully saturated rings. The largest absolute Gasteiger partial charge is 0.522 e. The second-order valence-electron chi connectivity index (χ2n) is 6.39. The van der Waals surface area contributed by atoms with Gasteiger partial charge in [-0.25, -0.2) is 14.4 Å². The molecule has 2 N–H and O–H groups in total. The molecular formula is C23H14O7. The van der Waals surface area contributed by atoms with E-state index in [1.54, 1.807) is 60.7 Å². The number of aromatic hydroxyl groups is 1. The van der Waals surface area contributed by atoms with Gasteiger partial charge < -0.3 is 19.7 Å². The maximum Gasteiger partial charge on any atom is 0.522 e. The van der Waals surface area contributed by atoms with E-state index < -0.39 is 18.1 Å². The number of phenols is 1. The Morgan fingerprint density at radius 3 is 1.93 bits per heavy atom. The third-order valence-electron chi connectivity index (χ3n) is 4.59. The highest BCUT2D eigenvalue weighted by Gasteiger charge is 2.23. The lowest BCUT2D eigenvalue weighted by Crippen LogP contribution is -2.18. The van der Waals surface area contributed by atoms with Gasteiger partial charge in [-0.1, -0.05) is 60.7 Å². The zero-order chi connectivity index (χ0) is 21.3. The van der Waals surface area contributed by atoms with Crippen molar-refractivity contribution in [1.29, 1.82) is 0 Å². The molecule has 4 rings (SSSR count). The van der Waals surface area contributed by atoms with E-state index in [0.29, 0.717) is 21.5 Å². The van der Waals surface area contributed by atoms with Gasteiger partial charge in [-0.05, 0) is 22.9 Å². The quantitative estimate of drug-likeness (QED) is 0.289. The molecular weight excluding hydrogens is 388 g/mol. The van der Waals surface area contributed by atoms with Crippen LogP contribution < -0.4 is 4.74 Å². The van der Waals surface area contributed by atoms with E-state index in [0.717, 1.165) is 0 Å². The van der Waals surface area contributed by atoms with Crippen molar-refractivity contribution >= 4 is 39.6 Å². The smallest absolute Gasteiger partial charge is 0.506 e. The number of esters is 1. The van der Waals surface area contributed by atoms with Crippen LogP contribution in [0.25, 0.3) is 21.5 Å². The number of fused-ring (bicyclic) bond motifs is 2. The van der Waals surface area contributed by atoms with E-state index >= 15 is 0 Å². The van der Waals surface area contributed by atoms with Crippen LogP contribution in [0, 0.1) is 0 Å². The molecule has 0 amide bonds. The van der Waals surface area contributed by atoms with Crippen molar-refractivity contribution in [2.45, 2.75) is 0 Å². The summed E-state index contributed by atoms with van der Waals surface area (Å²) in [4.78, 5) is 36.2. The van der Waals surface area contributed by atoms with E-state index in [1.807, 2.05) is 0 Å². The van der Waals surface area contributed by atoms with E-state index in [-0.39, 0.29) is 22.6 Å². The molecule has 0 spiro atoms. The second kappa shape index (κ2) is 7.56. The molecule has 4 aromatic rings. The molecule has 148 valence electrons. The van der Waals surface area contributed by atoms with Gasteiger partial charge in [-0.2, -0.15) is 0 Å². The first-order valence-electron chi connectivity index (χ1n) is 8.85. The summed E-state index contributed by atoms with van der Waals surface area (Å²) in [5.74, 6) is -2.99. The first-order chi connectivity index (χ1) is 14.5. The maximum absolute atomic E-state index is 12.4. The molecule has 4 aromatic carbocycles. The van der Waals surface area contributed by atoms with Gasteiger partial charge in [0.1, 0.15) is 16.9 Å². The summed E-state index contributed by atoms with van der Waals surface area (Å²) in [6, 6.07) is 19.4. The van der Waals surface area contributed by atoms with Gasteiger partial charge in [-0.3, -0.25) is 0 Å². The van der Waals surface area contributed by atoms with Crippen molar-refractivity contribution in [2.75, 3.05) is 0 Å². The minimum Gasteiger partial charge on any atom is -0.506 e. The number of carbonyl (C=O) groups excluding carboxylic acids is 2. The number of phenolic OH excluding ortho intramolecular Hbond substituents is 1. The van der Waals surface area contributed by atoms with Crippen molar-refractivity contribution in [1.82, 2.24) is 0 Å². The standard InChI is InChI=1S/C23H14O7/c24-19-15-7-3-1-5-13(15)9-11-17(19)22(27)30-23(28)29-20-16-8-4-2-6-14(16)10-12-18(20)21(25)26/h1-12,24H,(H,25,26). The zero-order valence-corrected chi connectivity index (χ0v) is 15.4. The van der Waals surface area contributed by atoms with Crippen LogP contribution in [0.4, 0.5) is 4.79 Å². The second-order valence-corrected chi connectivity index (χ2v) is 6.39. The number of benzene rings is 4. The van der Waals surface area contributed by atoms with Gasteiger partial charge in [-0.15, -0.1) is 0 Å². The highest BCUT2D eigenvalue weighted by Crippen LogP contribution is 2.31. The number of carbonyl (C=O) groups is 3. The fourth-order valence-electron chi connectivity index (χ4n) is 3.18. The van der Waals surface area contributed by atoms with Gasteiger partial charge >= 0.3 is 18.1 Å². The van der Waals surface area contributed by atoms with E-state index in [4.69, 9.17) is 9.47 Å². The minimum absolute atomic E-state index is 0.220. The third-order valence-corrected chi connectivity index (χ3v) is 4.59. The highest BCUT2D eigenvalue weighted by atomic mass is 16.7. The molecule has 7 heteroatoms. The predicted molar refractivity (Wildman–Crippen MR) is 108 cm³/mol. The van der Waals surface area contributed by atoms with Crippen molar-refractivity contribution in [3.8, 4) is 11.5 Å². The molecule has 0 aromatic heterocycles. The highest BCUT2D eigenvalue weighted by molar-refractivity contribution is 6.05. The molecule has 0 saturated heterocycles. The van der Waals surface area contributed by atoms with Crippen LogP contribution in [0.2, 0.25) is 0 Å². The molecule has 30 heavy (non-hydrogen) atoms. The molecule has 0 bridgehead atoms. The Morgan fingerprint density at radius 1 is 0.700 bits per heavy atom. The first-order valence-corrected chi connectivity index (χ1v) is 8.85. The van der Waals surface area contributed by atoms with Crippen LogP contribution in [-0.4, -0.2) is 28.3 Å². The number of hydrogen-bond acceptors (Lipinski definition) is 6. The van der Waals surface area contributed by atoms with Crippen molar-refractivity contribution in [3.63, 3.8) is 0 Å². The Hall–Kier alpha value is -4.39. The van der Waals surface area contributed by atoms with Gasteiger partial charge in [0, 0.05) is 10.8 Å². The molecule has 0 radical (unpaired) electrons. The molecule has 0 aliphatic heterocycles. The molecule has 0 saturated carbocycles. The van der Waals surface area contributed by atoms with Gasteiger partial charge in [0.2, 0.25) is 0 Å². The number of ether oxygens (including phenoxy) is 2. The summed E-state index contributed by atoms with van der Waals surface area (Å²) >= 11 is 0. The normalized spacial score (nSPS) is 10.7. The number of carboxylic acids is 1. The van der Waals surface area contributed by atoms with Crippen LogP contribution in [0.5, 0.6) is 11.5 Å². The lowest BCUT2D eigenvalue weighted by molar-refractivity contribution is 0.0527. The molecule has 0 aliphatic carbocycles. The topological polar surface area (TPSA) is 110 Å². The zero-order valence-electron chi connectivity index (χ0n) is 15.4. The summed E-state index contributed by atoms with van der Waals surface area (Å²) in [6.45, 7) is 0.